The van der Waals surface area contributed by atoms with Crippen LogP contribution in [0.5, 0.6) is 0 Å². The molecule has 0 aromatic heterocycles. The maximum Gasteiger partial charge on any atom is 0.252 e. The highest BCUT2D eigenvalue weighted by Crippen LogP contribution is 2.15. The number of likely N-dealkylation sites (N-methyl/N-ethyl adjacent to an activating group) is 1. The first-order chi connectivity index (χ1) is 10.1. The highest BCUT2D eigenvalue weighted by atomic mass is 79.9. The van der Waals surface area contributed by atoms with Gasteiger partial charge in [0.2, 0.25) is 5.91 Å². The van der Waals surface area contributed by atoms with Crippen molar-refractivity contribution in [2.24, 2.45) is 0 Å². The van der Waals surface area contributed by atoms with Gasteiger partial charge in [-0.2, -0.15) is 0 Å². The molecule has 0 saturated heterocycles. The number of nitrogens with one attached hydrogen (secondary N) is 1. The fourth-order valence-electron chi connectivity index (χ4n) is 1.79. The number of unbranched alkanes of at least 4 members (excludes halogenated alkanes) is 2. The molecule has 6 heteroatoms. The highest BCUT2D eigenvalue weighted by molar-refractivity contribution is 9.10. The first-order valence-electron chi connectivity index (χ1n) is 6.93. The van der Waals surface area contributed by atoms with Crippen LogP contribution in [0.4, 0.5) is 0 Å². The van der Waals surface area contributed by atoms with Crippen LogP contribution >= 0.6 is 15.9 Å². The van der Waals surface area contributed by atoms with Gasteiger partial charge in [-0.3, -0.25) is 9.59 Å². The number of halogens is 1. The van der Waals surface area contributed by atoms with Gasteiger partial charge in [-0.15, -0.1) is 0 Å². The summed E-state index contributed by atoms with van der Waals surface area (Å²) in [5.41, 5.74) is 0.510. The Morgan fingerprint density at radius 2 is 1.95 bits per heavy atom. The molecule has 1 aromatic rings. The average molecular weight is 357 g/mol. The van der Waals surface area contributed by atoms with Gasteiger partial charge in [0.1, 0.15) is 0 Å². The van der Waals surface area contributed by atoms with Gasteiger partial charge in [-0.05, 0) is 47.3 Å². The minimum Gasteiger partial charge on any atom is -0.396 e. The second kappa shape index (κ2) is 9.52. The molecule has 116 valence electrons. The molecule has 1 rings (SSSR count). The number of rotatable bonds is 8. The predicted molar refractivity (Wildman–Crippen MR) is 85.0 cm³/mol. The maximum atomic E-state index is 12.0. The number of hydrogen-bond acceptors (Lipinski definition) is 3. The molecule has 21 heavy (non-hydrogen) atoms. The fraction of sp³-hybridized carbons (Fsp3) is 0.467. The summed E-state index contributed by atoms with van der Waals surface area (Å²) < 4.78 is 0.701. The number of carbonyl (C=O) groups excluding carboxylic acids is 2. The zero-order valence-corrected chi connectivity index (χ0v) is 13.7. The van der Waals surface area contributed by atoms with Crippen molar-refractivity contribution in [3.8, 4) is 0 Å². The lowest BCUT2D eigenvalue weighted by atomic mass is 10.2. The average Bonchev–Trinajstić information content (AvgIpc) is 2.49. The van der Waals surface area contributed by atoms with E-state index in [0.717, 1.165) is 19.3 Å². The van der Waals surface area contributed by atoms with E-state index in [9.17, 15) is 9.59 Å². The van der Waals surface area contributed by atoms with Crippen molar-refractivity contribution in [2.75, 3.05) is 26.7 Å². The number of carbonyl (C=O) groups is 2. The highest BCUT2D eigenvalue weighted by Gasteiger charge is 2.13. The molecular formula is C15H21BrN2O3. The van der Waals surface area contributed by atoms with Crippen LogP contribution in [-0.2, 0) is 4.79 Å². The van der Waals surface area contributed by atoms with E-state index < -0.39 is 0 Å². The van der Waals surface area contributed by atoms with E-state index in [1.807, 2.05) is 6.07 Å². The zero-order chi connectivity index (χ0) is 15.7. The van der Waals surface area contributed by atoms with E-state index >= 15 is 0 Å². The number of nitrogens with zero attached hydrogens (tertiary/aromatic N) is 1. The Balaban J connectivity index is 2.35. The minimum atomic E-state index is -0.274. The molecule has 0 atom stereocenters. The summed E-state index contributed by atoms with van der Waals surface area (Å²) in [4.78, 5) is 25.4. The van der Waals surface area contributed by atoms with Crippen molar-refractivity contribution >= 4 is 27.7 Å². The molecule has 0 heterocycles. The first-order valence-corrected chi connectivity index (χ1v) is 7.73. The summed E-state index contributed by atoms with van der Waals surface area (Å²) in [5, 5.41) is 11.3. The summed E-state index contributed by atoms with van der Waals surface area (Å²) in [5.74, 6) is -0.399. The van der Waals surface area contributed by atoms with Crippen LogP contribution in [-0.4, -0.2) is 48.6 Å². The van der Waals surface area contributed by atoms with Gasteiger partial charge in [0.15, 0.2) is 0 Å². The third-order valence-electron chi connectivity index (χ3n) is 3.10. The van der Waals surface area contributed by atoms with E-state index in [-0.39, 0.29) is 25.0 Å². The Labute approximate surface area is 133 Å². The molecule has 0 fully saturated rings. The van der Waals surface area contributed by atoms with Gasteiger partial charge in [0, 0.05) is 24.7 Å². The van der Waals surface area contributed by atoms with Crippen molar-refractivity contribution < 1.29 is 14.7 Å². The number of benzene rings is 1. The van der Waals surface area contributed by atoms with Gasteiger partial charge < -0.3 is 15.3 Å². The monoisotopic (exact) mass is 356 g/mol. The molecular weight excluding hydrogens is 336 g/mol. The van der Waals surface area contributed by atoms with Crippen LogP contribution in [0.15, 0.2) is 28.7 Å². The quantitative estimate of drug-likeness (QED) is 0.697. The molecule has 0 aliphatic heterocycles. The summed E-state index contributed by atoms with van der Waals surface area (Å²) in [6.07, 6.45) is 2.49. The van der Waals surface area contributed by atoms with Gasteiger partial charge in [-0.25, -0.2) is 0 Å². The number of aliphatic hydroxyl groups is 1. The normalized spacial score (nSPS) is 10.2. The van der Waals surface area contributed by atoms with Gasteiger partial charge in [-0.1, -0.05) is 12.1 Å². The smallest absolute Gasteiger partial charge is 0.252 e. The van der Waals surface area contributed by atoms with Crippen molar-refractivity contribution in [3.05, 3.63) is 34.3 Å². The Bertz CT molecular complexity index is 480. The molecule has 0 saturated carbocycles. The van der Waals surface area contributed by atoms with Crippen LogP contribution in [0.25, 0.3) is 0 Å². The van der Waals surface area contributed by atoms with Crippen LogP contribution in [0, 0.1) is 0 Å². The molecule has 5 nitrogen and oxygen atoms in total. The number of amides is 2. The lowest BCUT2D eigenvalue weighted by Gasteiger charge is -2.17. The predicted octanol–water partition coefficient (Wildman–Crippen LogP) is 1.80. The van der Waals surface area contributed by atoms with E-state index in [4.69, 9.17) is 5.11 Å². The van der Waals surface area contributed by atoms with Gasteiger partial charge in [0.05, 0.1) is 12.1 Å². The van der Waals surface area contributed by atoms with Crippen LogP contribution in [0.3, 0.4) is 0 Å². The van der Waals surface area contributed by atoms with E-state index in [2.05, 4.69) is 21.2 Å². The molecule has 0 bridgehead atoms. The van der Waals surface area contributed by atoms with E-state index in [1.54, 1.807) is 30.1 Å². The second-order valence-corrected chi connectivity index (χ2v) is 5.62. The summed E-state index contributed by atoms with van der Waals surface area (Å²) >= 11 is 3.31. The van der Waals surface area contributed by atoms with E-state index in [0.29, 0.717) is 16.6 Å². The third-order valence-corrected chi connectivity index (χ3v) is 3.79. The molecule has 2 N–H and O–H groups in total. The standard InChI is InChI=1S/C15H21BrN2O3/c1-18(9-5-2-6-10-19)14(20)11-17-15(21)12-7-3-4-8-13(12)16/h3-4,7-8,19H,2,5-6,9-11H2,1H3,(H,17,21). The van der Waals surface area contributed by atoms with Gasteiger partial charge >= 0.3 is 0 Å². The molecule has 0 unspecified atom stereocenters. The Morgan fingerprint density at radius 3 is 2.62 bits per heavy atom. The topological polar surface area (TPSA) is 69.6 Å². The van der Waals surface area contributed by atoms with Crippen molar-refractivity contribution in [1.29, 1.82) is 0 Å². The lowest BCUT2D eigenvalue weighted by Crippen LogP contribution is -2.38. The Morgan fingerprint density at radius 1 is 1.24 bits per heavy atom. The minimum absolute atomic E-state index is 0.0172. The second-order valence-electron chi connectivity index (χ2n) is 4.76. The van der Waals surface area contributed by atoms with Crippen molar-refractivity contribution in [2.45, 2.75) is 19.3 Å². The fourth-order valence-corrected chi connectivity index (χ4v) is 2.26. The molecule has 0 spiro atoms. The molecule has 0 aliphatic rings. The maximum absolute atomic E-state index is 12.0. The first kappa shape index (κ1) is 17.7. The van der Waals surface area contributed by atoms with Crippen LogP contribution in [0.2, 0.25) is 0 Å². The van der Waals surface area contributed by atoms with Crippen molar-refractivity contribution in [1.82, 2.24) is 10.2 Å². The summed E-state index contributed by atoms with van der Waals surface area (Å²) in [7, 11) is 1.71. The zero-order valence-electron chi connectivity index (χ0n) is 12.1. The Hall–Kier alpha value is -1.40. The SMILES string of the molecule is CN(CCCCCO)C(=O)CNC(=O)c1ccccc1Br. The van der Waals surface area contributed by atoms with E-state index in [1.165, 1.54) is 0 Å². The van der Waals surface area contributed by atoms with Crippen molar-refractivity contribution in [3.63, 3.8) is 0 Å². The summed E-state index contributed by atoms with van der Waals surface area (Å²) in [6, 6.07) is 7.08. The molecule has 2 amide bonds. The Kier molecular flexibility index (Phi) is 8.00. The third kappa shape index (κ3) is 6.27. The largest absolute Gasteiger partial charge is 0.396 e. The number of hydrogen-bond donors (Lipinski definition) is 2. The molecule has 1 aromatic carbocycles. The van der Waals surface area contributed by atoms with Gasteiger partial charge in [0.25, 0.3) is 5.91 Å². The molecule has 0 radical (unpaired) electrons. The lowest BCUT2D eigenvalue weighted by molar-refractivity contribution is -0.128. The van der Waals surface area contributed by atoms with Crippen LogP contribution < -0.4 is 5.32 Å². The molecule has 0 aliphatic carbocycles. The number of aliphatic hydroxyl groups excluding tert-OH is 1. The summed E-state index contributed by atoms with van der Waals surface area (Å²) in [6.45, 7) is 0.792. The van der Waals surface area contributed by atoms with Crippen LogP contribution in [0.1, 0.15) is 29.6 Å².